The molecule has 2 rings (SSSR count). The van der Waals surface area contributed by atoms with Crippen LogP contribution in [-0.4, -0.2) is 17.2 Å². The number of anilines is 1. The maximum atomic E-state index is 13.3. The summed E-state index contributed by atoms with van der Waals surface area (Å²) in [7, 11) is 0.351. The lowest BCUT2D eigenvalue weighted by Crippen LogP contribution is -2.11. The molecule has 5 heteroatoms. The summed E-state index contributed by atoms with van der Waals surface area (Å²) >= 11 is 0. The molecule has 0 aromatic heterocycles. The lowest BCUT2D eigenvalue weighted by molar-refractivity contribution is -0.116. The predicted octanol–water partition coefficient (Wildman–Crippen LogP) is 5.34. The fourth-order valence-electron chi connectivity index (χ4n) is 3.16. The number of hydrogen-bond donors (Lipinski definition) is 1. The van der Waals surface area contributed by atoms with E-state index in [1.807, 2.05) is 51.1 Å². The SMILES string of the molecule is CCCC(=O)Nc1cc(C)c(S(=O)c2ccc(OC)c(C(C)C)c2)c(C)c1. The number of nitrogens with one attached hydrogen (secondary N) is 1. The third-order valence-electron chi connectivity index (χ3n) is 4.44. The van der Waals surface area contributed by atoms with E-state index in [-0.39, 0.29) is 11.8 Å². The van der Waals surface area contributed by atoms with Crippen molar-refractivity contribution in [1.29, 1.82) is 0 Å². The normalized spacial score (nSPS) is 12.1. The van der Waals surface area contributed by atoms with E-state index in [1.54, 1.807) is 7.11 Å². The molecule has 2 aromatic carbocycles. The van der Waals surface area contributed by atoms with E-state index in [1.165, 1.54) is 0 Å². The van der Waals surface area contributed by atoms with Gasteiger partial charge in [0.1, 0.15) is 5.75 Å². The maximum absolute atomic E-state index is 13.3. The standard InChI is InChI=1S/C22H29NO3S/c1-7-8-21(24)23-17-11-15(4)22(16(5)12-17)27(25)18-9-10-20(26-6)19(13-18)14(2)3/h9-14H,7-8H2,1-6H3,(H,23,24). The average molecular weight is 388 g/mol. The number of hydrogen-bond acceptors (Lipinski definition) is 3. The molecule has 146 valence electrons. The molecule has 0 aliphatic heterocycles. The first-order valence-electron chi connectivity index (χ1n) is 9.29. The number of benzene rings is 2. The van der Waals surface area contributed by atoms with E-state index in [2.05, 4.69) is 19.2 Å². The van der Waals surface area contributed by atoms with Gasteiger partial charge in [0.15, 0.2) is 0 Å². The molecule has 0 radical (unpaired) electrons. The molecule has 0 heterocycles. The highest BCUT2D eigenvalue weighted by molar-refractivity contribution is 7.85. The molecule has 27 heavy (non-hydrogen) atoms. The Morgan fingerprint density at radius 2 is 1.78 bits per heavy atom. The quantitative estimate of drug-likeness (QED) is 0.697. The van der Waals surface area contributed by atoms with Gasteiger partial charge in [0.25, 0.3) is 0 Å². The first-order valence-corrected chi connectivity index (χ1v) is 10.4. The van der Waals surface area contributed by atoms with Crippen molar-refractivity contribution in [2.75, 3.05) is 12.4 Å². The Hall–Kier alpha value is -2.14. The van der Waals surface area contributed by atoms with Crippen LogP contribution >= 0.6 is 0 Å². The molecular weight excluding hydrogens is 358 g/mol. The van der Waals surface area contributed by atoms with Gasteiger partial charge in [-0.3, -0.25) is 4.79 Å². The van der Waals surface area contributed by atoms with Crippen molar-refractivity contribution in [2.24, 2.45) is 0 Å². The van der Waals surface area contributed by atoms with Gasteiger partial charge in [0, 0.05) is 21.9 Å². The number of carbonyl (C=O) groups excluding carboxylic acids is 1. The van der Waals surface area contributed by atoms with Crippen LogP contribution in [0, 0.1) is 13.8 Å². The van der Waals surface area contributed by atoms with E-state index in [0.717, 1.165) is 44.3 Å². The van der Waals surface area contributed by atoms with Crippen molar-refractivity contribution in [1.82, 2.24) is 0 Å². The van der Waals surface area contributed by atoms with Crippen LogP contribution in [0.3, 0.4) is 0 Å². The van der Waals surface area contributed by atoms with Gasteiger partial charge in [0.2, 0.25) is 5.91 Å². The third-order valence-corrected chi connectivity index (χ3v) is 6.14. The summed E-state index contributed by atoms with van der Waals surface area (Å²) in [4.78, 5) is 13.4. The Morgan fingerprint density at radius 1 is 1.15 bits per heavy atom. The van der Waals surface area contributed by atoms with Crippen LogP contribution < -0.4 is 10.1 Å². The minimum Gasteiger partial charge on any atom is -0.496 e. The fraction of sp³-hybridized carbons (Fsp3) is 0.409. The number of carbonyl (C=O) groups is 1. The molecule has 1 N–H and O–H groups in total. The molecule has 1 unspecified atom stereocenters. The highest BCUT2D eigenvalue weighted by atomic mass is 32.2. The number of amides is 1. The van der Waals surface area contributed by atoms with E-state index in [0.29, 0.717) is 6.42 Å². The first-order chi connectivity index (χ1) is 12.8. The van der Waals surface area contributed by atoms with Gasteiger partial charge in [-0.2, -0.15) is 0 Å². The molecule has 1 amide bonds. The van der Waals surface area contributed by atoms with Gasteiger partial charge in [-0.25, -0.2) is 4.21 Å². The molecule has 0 spiro atoms. The second-order valence-corrected chi connectivity index (χ2v) is 8.48. The van der Waals surface area contributed by atoms with Crippen molar-refractivity contribution in [3.63, 3.8) is 0 Å². The second-order valence-electron chi connectivity index (χ2n) is 7.06. The van der Waals surface area contributed by atoms with E-state index in [4.69, 9.17) is 4.74 Å². The lowest BCUT2D eigenvalue weighted by Gasteiger charge is -2.16. The zero-order chi connectivity index (χ0) is 20.1. The molecule has 0 saturated carbocycles. The van der Waals surface area contributed by atoms with Crippen LogP contribution in [0.15, 0.2) is 40.1 Å². The monoisotopic (exact) mass is 387 g/mol. The maximum Gasteiger partial charge on any atom is 0.224 e. The minimum absolute atomic E-state index is 0.00176. The Labute approximate surface area is 164 Å². The van der Waals surface area contributed by atoms with Crippen LogP contribution in [0.4, 0.5) is 5.69 Å². The summed E-state index contributed by atoms with van der Waals surface area (Å²) in [5.41, 5.74) is 3.60. The molecule has 2 aromatic rings. The Morgan fingerprint density at radius 3 is 2.30 bits per heavy atom. The van der Waals surface area contributed by atoms with Crippen molar-refractivity contribution in [3.05, 3.63) is 47.0 Å². The highest BCUT2D eigenvalue weighted by Crippen LogP contribution is 2.32. The second kappa shape index (κ2) is 9.18. The van der Waals surface area contributed by atoms with E-state index < -0.39 is 10.8 Å². The number of ether oxygens (including phenoxy) is 1. The van der Waals surface area contributed by atoms with E-state index in [9.17, 15) is 9.00 Å². The topological polar surface area (TPSA) is 55.4 Å². The average Bonchev–Trinajstić information content (AvgIpc) is 2.60. The van der Waals surface area contributed by atoms with Gasteiger partial charge in [0.05, 0.1) is 17.9 Å². The molecule has 0 fully saturated rings. The summed E-state index contributed by atoms with van der Waals surface area (Å²) in [6.07, 6.45) is 1.30. The minimum atomic E-state index is -1.30. The van der Waals surface area contributed by atoms with Crippen molar-refractivity contribution in [3.8, 4) is 5.75 Å². The summed E-state index contributed by atoms with van der Waals surface area (Å²) in [5, 5.41) is 2.92. The first kappa shape index (κ1) is 21.2. The van der Waals surface area contributed by atoms with Gasteiger partial charge < -0.3 is 10.1 Å². The molecule has 4 nitrogen and oxygen atoms in total. The summed E-state index contributed by atoms with van der Waals surface area (Å²) in [5.74, 6) is 1.09. The van der Waals surface area contributed by atoms with Gasteiger partial charge >= 0.3 is 0 Å². The van der Waals surface area contributed by atoms with Gasteiger partial charge in [-0.1, -0.05) is 20.8 Å². The molecular formula is C22H29NO3S. The van der Waals surface area contributed by atoms with Gasteiger partial charge in [-0.15, -0.1) is 0 Å². The van der Waals surface area contributed by atoms with E-state index >= 15 is 0 Å². The Kier molecular flexibility index (Phi) is 7.19. The smallest absolute Gasteiger partial charge is 0.224 e. The zero-order valence-electron chi connectivity index (χ0n) is 17.0. The Bertz CT molecular complexity index is 836. The molecule has 0 bridgehead atoms. The Balaban J connectivity index is 2.39. The molecule has 0 aliphatic carbocycles. The van der Waals surface area contributed by atoms with Crippen LogP contribution in [0.1, 0.15) is 56.2 Å². The van der Waals surface area contributed by atoms with Crippen molar-refractivity contribution >= 4 is 22.4 Å². The summed E-state index contributed by atoms with van der Waals surface area (Å²) in [6.45, 7) is 10.0. The summed E-state index contributed by atoms with van der Waals surface area (Å²) < 4.78 is 18.7. The van der Waals surface area contributed by atoms with Crippen molar-refractivity contribution in [2.45, 2.75) is 63.2 Å². The van der Waals surface area contributed by atoms with Crippen LogP contribution in [-0.2, 0) is 15.6 Å². The lowest BCUT2D eigenvalue weighted by atomic mass is 10.0. The van der Waals surface area contributed by atoms with Crippen LogP contribution in [0.25, 0.3) is 0 Å². The predicted molar refractivity (Wildman–Crippen MR) is 111 cm³/mol. The molecule has 0 saturated heterocycles. The summed E-state index contributed by atoms with van der Waals surface area (Å²) in [6, 6.07) is 9.49. The number of methoxy groups -OCH3 is 1. The zero-order valence-corrected chi connectivity index (χ0v) is 17.8. The fourth-order valence-corrected chi connectivity index (χ4v) is 4.53. The number of rotatable bonds is 7. The molecule has 0 aliphatic rings. The van der Waals surface area contributed by atoms with Crippen LogP contribution in [0.5, 0.6) is 5.75 Å². The van der Waals surface area contributed by atoms with Crippen molar-refractivity contribution < 1.29 is 13.7 Å². The largest absolute Gasteiger partial charge is 0.496 e. The highest BCUT2D eigenvalue weighted by Gasteiger charge is 2.17. The molecule has 1 atom stereocenters. The number of aryl methyl sites for hydroxylation is 2. The third kappa shape index (κ3) is 4.98. The van der Waals surface area contributed by atoms with Crippen LogP contribution in [0.2, 0.25) is 0 Å². The van der Waals surface area contributed by atoms with Gasteiger partial charge in [-0.05, 0) is 73.2 Å².